The van der Waals surface area contributed by atoms with Crippen LogP contribution < -0.4 is 5.32 Å². The molecule has 1 rings (SSSR count). The number of carbonyl (C=O) groups excluding carboxylic acids is 1. The van der Waals surface area contributed by atoms with Gasteiger partial charge in [-0.15, -0.1) is 0 Å². The van der Waals surface area contributed by atoms with E-state index in [4.69, 9.17) is 5.11 Å². The number of carboxylic acid groups (broad SMARTS) is 1. The molecule has 0 aromatic carbocycles. The lowest BCUT2D eigenvalue weighted by atomic mass is 9.90. The van der Waals surface area contributed by atoms with E-state index in [0.717, 1.165) is 13.0 Å². The molecular formula is C13H25N3O3. The van der Waals surface area contributed by atoms with Crippen LogP contribution in [0.2, 0.25) is 0 Å². The summed E-state index contributed by atoms with van der Waals surface area (Å²) in [5.41, 5.74) is -0.801. The van der Waals surface area contributed by atoms with Gasteiger partial charge in [0.05, 0.1) is 5.41 Å². The molecule has 19 heavy (non-hydrogen) atoms. The number of nitrogens with zero attached hydrogens (tertiary/aromatic N) is 2. The van der Waals surface area contributed by atoms with E-state index < -0.39 is 11.4 Å². The van der Waals surface area contributed by atoms with Gasteiger partial charge in [0.2, 0.25) is 0 Å². The Morgan fingerprint density at radius 2 is 2.11 bits per heavy atom. The van der Waals surface area contributed by atoms with Crippen LogP contribution in [0, 0.1) is 5.41 Å². The van der Waals surface area contributed by atoms with Crippen LogP contribution in [0.1, 0.15) is 26.7 Å². The van der Waals surface area contributed by atoms with Gasteiger partial charge in [-0.2, -0.15) is 0 Å². The number of urea groups is 1. The monoisotopic (exact) mass is 271 g/mol. The Morgan fingerprint density at radius 3 is 2.58 bits per heavy atom. The van der Waals surface area contributed by atoms with Crippen LogP contribution in [0.25, 0.3) is 0 Å². The van der Waals surface area contributed by atoms with Gasteiger partial charge in [-0.05, 0) is 47.3 Å². The topological polar surface area (TPSA) is 72.9 Å². The second-order valence-corrected chi connectivity index (χ2v) is 5.98. The number of rotatable bonds is 5. The molecule has 0 saturated carbocycles. The Hall–Kier alpha value is -1.30. The summed E-state index contributed by atoms with van der Waals surface area (Å²) in [7, 11) is 3.99. The van der Waals surface area contributed by atoms with Gasteiger partial charge in [0.25, 0.3) is 0 Å². The SMILES string of the molecule is CC(CCN(C)C)NC(=O)N1CCC(C)(C(=O)O)C1. The van der Waals surface area contributed by atoms with E-state index in [1.165, 1.54) is 0 Å². The molecule has 2 atom stereocenters. The minimum Gasteiger partial charge on any atom is -0.481 e. The van der Waals surface area contributed by atoms with Crippen molar-refractivity contribution >= 4 is 12.0 Å². The molecule has 2 unspecified atom stereocenters. The highest BCUT2D eigenvalue weighted by Gasteiger charge is 2.42. The largest absolute Gasteiger partial charge is 0.481 e. The fourth-order valence-corrected chi connectivity index (χ4v) is 2.14. The first-order valence-corrected chi connectivity index (χ1v) is 6.68. The summed E-state index contributed by atoms with van der Waals surface area (Å²) < 4.78 is 0. The number of hydrogen-bond acceptors (Lipinski definition) is 3. The van der Waals surface area contributed by atoms with Crippen molar-refractivity contribution in [2.24, 2.45) is 5.41 Å². The van der Waals surface area contributed by atoms with E-state index >= 15 is 0 Å². The molecule has 2 amide bonds. The number of carboxylic acids is 1. The molecule has 1 aliphatic rings. The third-order valence-corrected chi connectivity index (χ3v) is 3.66. The van der Waals surface area contributed by atoms with Gasteiger partial charge >= 0.3 is 12.0 Å². The van der Waals surface area contributed by atoms with Crippen molar-refractivity contribution in [1.82, 2.24) is 15.1 Å². The van der Waals surface area contributed by atoms with Crippen LogP contribution >= 0.6 is 0 Å². The van der Waals surface area contributed by atoms with E-state index in [-0.39, 0.29) is 18.6 Å². The summed E-state index contributed by atoms with van der Waals surface area (Å²) in [6.45, 7) is 5.36. The summed E-state index contributed by atoms with van der Waals surface area (Å²) >= 11 is 0. The fraction of sp³-hybridized carbons (Fsp3) is 0.846. The minimum atomic E-state index is -0.830. The van der Waals surface area contributed by atoms with Crippen LogP contribution in [-0.2, 0) is 4.79 Å². The summed E-state index contributed by atoms with van der Waals surface area (Å²) in [5, 5.41) is 12.1. The molecular weight excluding hydrogens is 246 g/mol. The molecule has 1 aliphatic heterocycles. The van der Waals surface area contributed by atoms with Gasteiger partial charge in [-0.3, -0.25) is 4.79 Å². The second-order valence-electron chi connectivity index (χ2n) is 5.98. The maximum absolute atomic E-state index is 12.0. The zero-order valence-electron chi connectivity index (χ0n) is 12.3. The van der Waals surface area contributed by atoms with E-state index in [9.17, 15) is 9.59 Å². The van der Waals surface area contributed by atoms with E-state index in [2.05, 4.69) is 10.2 Å². The molecule has 0 aliphatic carbocycles. The third-order valence-electron chi connectivity index (χ3n) is 3.66. The second kappa shape index (κ2) is 6.23. The van der Waals surface area contributed by atoms with Crippen molar-refractivity contribution < 1.29 is 14.7 Å². The first-order valence-electron chi connectivity index (χ1n) is 6.68. The number of amides is 2. The Morgan fingerprint density at radius 1 is 1.47 bits per heavy atom. The lowest BCUT2D eigenvalue weighted by Gasteiger charge is -2.23. The number of carbonyl (C=O) groups is 2. The third kappa shape index (κ3) is 4.38. The van der Waals surface area contributed by atoms with Crippen LogP contribution in [0.5, 0.6) is 0 Å². The maximum Gasteiger partial charge on any atom is 0.317 e. The van der Waals surface area contributed by atoms with E-state index in [1.54, 1.807) is 11.8 Å². The minimum absolute atomic E-state index is 0.0894. The predicted molar refractivity (Wildman–Crippen MR) is 73.1 cm³/mol. The van der Waals surface area contributed by atoms with Gasteiger partial charge in [-0.25, -0.2) is 4.79 Å². The first kappa shape index (κ1) is 15.8. The lowest BCUT2D eigenvalue weighted by Crippen LogP contribution is -2.44. The highest BCUT2D eigenvalue weighted by atomic mass is 16.4. The van der Waals surface area contributed by atoms with Crippen molar-refractivity contribution in [3.63, 3.8) is 0 Å². The summed E-state index contributed by atoms with van der Waals surface area (Å²) in [4.78, 5) is 26.8. The Labute approximate surface area is 114 Å². The van der Waals surface area contributed by atoms with E-state index in [0.29, 0.717) is 13.0 Å². The Bertz CT molecular complexity index is 346. The van der Waals surface area contributed by atoms with Crippen LogP contribution in [0.4, 0.5) is 4.79 Å². The standard InChI is InChI=1S/C13H25N3O3/c1-10(5-7-15(3)4)14-12(19)16-8-6-13(2,9-16)11(17)18/h10H,5-9H2,1-4H3,(H,14,19)(H,17,18). The molecule has 2 N–H and O–H groups in total. The molecule has 0 aromatic rings. The molecule has 0 radical (unpaired) electrons. The highest BCUT2D eigenvalue weighted by molar-refractivity contribution is 5.79. The normalized spacial score (nSPS) is 24.6. The molecule has 0 spiro atoms. The van der Waals surface area contributed by atoms with Crippen LogP contribution in [0.3, 0.4) is 0 Å². The average molecular weight is 271 g/mol. The van der Waals surface area contributed by atoms with Gasteiger partial charge in [0.15, 0.2) is 0 Å². The molecule has 0 bridgehead atoms. The molecule has 110 valence electrons. The predicted octanol–water partition coefficient (Wildman–Crippen LogP) is 0.833. The zero-order chi connectivity index (χ0) is 14.6. The summed E-state index contributed by atoms with van der Waals surface area (Å²) in [6, 6.07) is -0.0668. The van der Waals surface area contributed by atoms with Crippen molar-refractivity contribution in [2.75, 3.05) is 33.7 Å². The zero-order valence-corrected chi connectivity index (χ0v) is 12.3. The number of hydrogen-bond donors (Lipinski definition) is 2. The van der Waals surface area contributed by atoms with Crippen LogP contribution in [-0.4, -0.2) is 66.7 Å². The highest BCUT2D eigenvalue weighted by Crippen LogP contribution is 2.29. The van der Waals surface area contributed by atoms with Gasteiger partial charge < -0.3 is 20.2 Å². The maximum atomic E-state index is 12.0. The van der Waals surface area contributed by atoms with E-state index in [1.807, 2.05) is 21.0 Å². The molecule has 1 fully saturated rings. The molecule has 1 saturated heterocycles. The van der Waals surface area contributed by atoms with Crippen molar-refractivity contribution in [3.8, 4) is 0 Å². The van der Waals surface area contributed by atoms with Gasteiger partial charge in [-0.1, -0.05) is 0 Å². The van der Waals surface area contributed by atoms with Gasteiger partial charge in [0, 0.05) is 19.1 Å². The average Bonchev–Trinajstić information content (AvgIpc) is 2.71. The number of aliphatic carboxylic acids is 1. The molecule has 6 nitrogen and oxygen atoms in total. The van der Waals surface area contributed by atoms with Crippen molar-refractivity contribution in [3.05, 3.63) is 0 Å². The first-order chi connectivity index (χ1) is 8.74. The van der Waals surface area contributed by atoms with Crippen molar-refractivity contribution in [2.45, 2.75) is 32.7 Å². The lowest BCUT2D eigenvalue weighted by molar-refractivity contribution is -0.146. The Kier molecular flexibility index (Phi) is 5.17. The fourth-order valence-electron chi connectivity index (χ4n) is 2.14. The summed E-state index contributed by atoms with van der Waals surface area (Å²) in [5.74, 6) is -0.830. The van der Waals surface area contributed by atoms with Gasteiger partial charge in [0.1, 0.15) is 0 Å². The smallest absolute Gasteiger partial charge is 0.317 e. The molecule has 1 heterocycles. The quantitative estimate of drug-likeness (QED) is 0.777. The Balaban J connectivity index is 2.41. The molecule has 6 heteroatoms. The van der Waals surface area contributed by atoms with Crippen molar-refractivity contribution in [1.29, 1.82) is 0 Å². The van der Waals surface area contributed by atoms with Crippen LogP contribution in [0.15, 0.2) is 0 Å². The summed E-state index contributed by atoms with van der Waals surface area (Å²) in [6.07, 6.45) is 1.39. The molecule has 0 aromatic heterocycles. The number of likely N-dealkylation sites (tertiary alicyclic amines) is 1. The number of nitrogens with one attached hydrogen (secondary N) is 1.